The lowest BCUT2D eigenvalue weighted by atomic mass is 10.1. The summed E-state index contributed by atoms with van der Waals surface area (Å²) < 4.78 is 5.70. The second-order valence-corrected chi connectivity index (χ2v) is 4.29. The van der Waals surface area contributed by atoms with Gasteiger partial charge in [-0.05, 0) is 38.0 Å². The summed E-state index contributed by atoms with van der Waals surface area (Å²) in [6.07, 6.45) is 0. The van der Waals surface area contributed by atoms with Gasteiger partial charge in [0.2, 0.25) is 0 Å². The van der Waals surface area contributed by atoms with Crippen molar-refractivity contribution in [1.29, 1.82) is 0 Å². The lowest BCUT2D eigenvalue weighted by Gasteiger charge is -2.14. The van der Waals surface area contributed by atoms with E-state index in [0.717, 1.165) is 22.4 Å². The van der Waals surface area contributed by atoms with E-state index in [1.807, 2.05) is 39.0 Å². The molecule has 0 radical (unpaired) electrons. The number of hydrogen-bond donors (Lipinski definition) is 1. The Balaban J connectivity index is 2.88. The summed E-state index contributed by atoms with van der Waals surface area (Å²) >= 11 is 5.59. The first-order chi connectivity index (χ1) is 7.54. The minimum Gasteiger partial charge on any atom is -0.489 e. The summed E-state index contributed by atoms with van der Waals surface area (Å²) in [7, 11) is 0. The molecule has 2 N–H and O–H groups in total. The third kappa shape index (κ3) is 3.54. The highest BCUT2D eigenvalue weighted by atomic mass is 35.5. The molecule has 0 bridgehead atoms. The van der Waals surface area contributed by atoms with Crippen LogP contribution in [-0.2, 0) is 0 Å². The van der Waals surface area contributed by atoms with E-state index in [9.17, 15) is 0 Å². The molecular formula is C13H18ClNO. The SMILES string of the molecule is C/C(=C\Cl)COc1cc(C)ccc1[C@@H](C)N. The normalized spacial score (nSPS) is 13.7. The van der Waals surface area contributed by atoms with Crippen molar-refractivity contribution in [2.24, 2.45) is 5.73 Å². The van der Waals surface area contributed by atoms with Gasteiger partial charge in [0.1, 0.15) is 12.4 Å². The molecule has 1 rings (SSSR count). The molecule has 0 spiro atoms. The highest BCUT2D eigenvalue weighted by Gasteiger charge is 2.08. The number of rotatable bonds is 4. The van der Waals surface area contributed by atoms with Crippen LogP contribution in [0, 0.1) is 6.92 Å². The van der Waals surface area contributed by atoms with Gasteiger partial charge in [-0.1, -0.05) is 23.7 Å². The van der Waals surface area contributed by atoms with Crippen molar-refractivity contribution in [2.45, 2.75) is 26.8 Å². The van der Waals surface area contributed by atoms with E-state index >= 15 is 0 Å². The monoisotopic (exact) mass is 239 g/mol. The lowest BCUT2D eigenvalue weighted by molar-refractivity contribution is 0.346. The standard InChI is InChI=1S/C13H18ClNO/c1-9-4-5-12(11(3)15)13(6-9)16-8-10(2)7-14/h4-7,11H,8,15H2,1-3H3/b10-7+/t11-/m1/s1. The van der Waals surface area contributed by atoms with E-state index in [1.54, 1.807) is 0 Å². The predicted molar refractivity (Wildman–Crippen MR) is 68.9 cm³/mol. The van der Waals surface area contributed by atoms with Gasteiger partial charge in [-0.15, -0.1) is 0 Å². The molecular weight excluding hydrogens is 222 g/mol. The van der Waals surface area contributed by atoms with Gasteiger partial charge in [-0.2, -0.15) is 0 Å². The quantitative estimate of drug-likeness (QED) is 0.872. The molecule has 0 aliphatic heterocycles. The van der Waals surface area contributed by atoms with Gasteiger partial charge in [0.05, 0.1) is 0 Å². The minimum atomic E-state index is -0.0316. The highest BCUT2D eigenvalue weighted by molar-refractivity contribution is 6.25. The second kappa shape index (κ2) is 5.92. The summed E-state index contributed by atoms with van der Waals surface area (Å²) in [4.78, 5) is 0. The fourth-order valence-corrected chi connectivity index (χ4v) is 1.43. The number of aryl methyl sites for hydroxylation is 1. The van der Waals surface area contributed by atoms with Crippen molar-refractivity contribution in [3.05, 3.63) is 40.4 Å². The van der Waals surface area contributed by atoms with Crippen LogP contribution in [0.15, 0.2) is 29.3 Å². The van der Waals surface area contributed by atoms with Crippen LogP contribution >= 0.6 is 11.6 Å². The Kier molecular flexibility index (Phi) is 4.84. The molecule has 0 aromatic heterocycles. The van der Waals surface area contributed by atoms with E-state index < -0.39 is 0 Å². The van der Waals surface area contributed by atoms with Crippen LogP contribution in [0.2, 0.25) is 0 Å². The van der Waals surface area contributed by atoms with Gasteiger partial charge in [-0.25, -0.2) is 0 Å². The average Bonchev–Trinajstić information content (AvgIpc) is 2.25. The molecule has 16 heavy (non-hydrogen) atoms. The van der Waals surface area contributed by atoms with Gasteiger partial charge in [0, 0.05) is 17.1 Å². The Bertz CT molecular complexity index is 386. The summed E-state index contributed by atoms with van der Waals surface area (Å²) in [5.74, 6) is 0.841. The highest BCUT2D eigenvalue weighted by Crippen LogP contribution is 2.25. The van der Waals surface area contributed by atoms with Crippen molar-refractivity contribution in [1.82, 2.24) is 0 Å². The maximum atomic E-state index is 5.88. The van der Waals surface area contributed by atoms with Crippen LogP contribution in [0.3, 0.4) is 0 Å². The zero-order valence-corrected chi connectivity index (χ0v) is 10.7. The third-order valence-corrected chi connectivity index (χ3v) is 2.67. The summed E-state index contributed by atoms with van der Waals surface area (Å²) in [6, 6.07) is 6.02. The summed E-state index contributed by atoms with van der Waals surface area (Å²) in [6.45, 7) is 6.39. The second-order valence-electron chi connectivity index (χ2n) is 4.07. The van der Waals surface area contributed by atoms with Gasteiger partial charge in [-0.3, -0.25) is 0 Å². The molecule has 0 fully saturated rings. The van der Waals surface area contributed by atoms with Crippen molar-refractivity contribution in [3.8, 4) is 5.75 Å². The van der Waals surface area contributed by atoms with E-state index in [-0.39, 0.29) is 6.04 Å². The molecule has 0 saturated carbocycles. The maximum absolute atomic E-state index is 5.88. The van der Waals surface area contributed by atoms with Crippen molar-refractivity contribution in [3.63, 3.8) is 0 Å². The minimum absolute atomic E-state index is 0.0316. The molecule has 0 unspecified atom stereocenters. The molecule has 88 valence electrons. The molecule has 1 atom stereocenters. The molecule has 3 heteroatoms. The average molecular weight is 240 g/mol. The van der Waals surface area contributed by atoms with Crippen LogP contribution in [-0.4, -0.2) is 6.61 Å². The lowest BCUT2D eigenvalue weighted by Crippen LogP contribution is -2.09. The molecule has 0 aliphatic rings. The van der Waals surface area contributed by atoms with Crippen LogP contribution < -0.4 is 10.5 Å². The third-order valence-electron chi connectivity index (χ3n) is 2.30. The fourth-order valence-electron chi connectivity index (χ4n) is 1.37. The number of nitrogens with two attached hydrogens (primary N) is 1. The van der Waals surface area contributed by atoms with E-state index in [2.05, 4.69) is 0 Å². The van der Waals surface area contributed by atoms with Crippen molar-refractivity contribution >= 4 is 11.6 Å². The first-order valence-corrected chi connectivity index (χ1v) is 5.73. The molecule has 1 aromatic carbocycles. The topological polar surface area (TPSA) is 35.2 Å². The largest absolute Gasteiger partial charge is 0.489 e. The first-order valence-electron chi connectivity index (χ1n) is 5.29. The first kappa shape index (κ1) is 13.1. The molecule has 0 aliphatic carbocycles. The van der Waals surface area contributed by atoms with Crippen LogP contribution in [0.4, 0.5) is 0 Å². The van der Waals surface area contributed by atoms with Gasteiger partial charge >= 0.3 is 0 Å². The Labute approximate surface area is 102 Å². The van der Waals surface area contributed by atoms with Crippen LogP contribution in [0.5, 0.6) is 5.75 Å². The van der Waals surface area contributed by atoms with Crippen LogP contribution in [0.25, 0.3) is 0 Å². The molecule has 2 nitrogen and oxygen atoms in total. The van der Waals surface area contributed by atoms with E-state index in [4.69, 9.17) is 22.1 Å². The summed E-state index contributed by atoms with van der Waals surface area (Å²) in [5.41, 5.74) is 10.6. The Morgan fingerprint density at radius 3 is 2.81 bits per heavy atom. The maximum Gasteiger partial charge on any atom is 0.124 e. The van der Waals surface area contributed by atoms with Crippen molar-refractivity contribution < 1.29 is 4.74 Å². The number of hydrogen-bond acceptors (Lipinski definition) is 2. The zero-order valence-electron chi connectivity index (χ0n) is 9.96. The molecule has 0 saturated heterocycles. The number of benzene rings is 1. The van der Waals surface area contributed by atoms with E-state index in [0.29, 0.717) is 6.61 Å². The molecule has 1 aromatic rings. The Morgan fingerprint density at radius 1 is 1.56 bits per heavy atom. The van der Waals surface area contributed by atoms with Gasteiger partial charge < -0.3 is 10.5 Å². The number of halogens is 1. The fraction of sp³-hybridized carbons (Fsp3) is 0.385. The zero-order chi connectivity index (χ0) is 12.1. The van der Waals surface area contributed by atoms with Gasteiger partial charge in [0.25, 0.3) is 0 Å². The number of ether oxygens (including phenoxy) is 1. The predicted octanol–water partition coefficient (Wildman–Crippen LogP) is 3.54. The molecule has 0 heterocycles. The van der Waals surface area contributed by atoms with Crippen molar-refractivity contribution in [2.75, 3.05) is 6.61 Å². The molecule has 0 amide bonds. The summed E-state index contributed by atoms with van der Waals surface area (Å²) in [5, 5.41) is 0. The van der Waals surface area contributed by atoms with Gasteiger partial charge in [0.15, 0.2) is 0 Å². The van der Waals surface area contributed by atoms with Crippen LogP contribution in [0.1, 0.15) is 31.0 Å². The van der Waals surface area contributed by atoms with E-state index in [1.165, 1.54) is 5.54 Å². The Morgan fingerprint density at radius 2 is 2.25 bits per heavy atom. The Hall–Kier alpha value is -0.990. The smallest absolute Gasteiger partial charge is 0.124 e.